The van der Waals surface area contributed by atoms with Crippen molar-refractivity contribution in [2.45, 2.75) is 37.0 Å². The molecule has 2 N–H and O–H groups in total. The zero-order valence-electron chi connectivity index (χ0n) is 9.78. The average molecular weight is 298 g/mol. The summed E-state index contributed by atoms with van der Waals surface area (Å²) in [5.74, 6) is 0.924. The van der Waals surface area contributed by atoms with Gasteiger partial charge in [0.05, 0.1) is 6.10 Å². The van der Waals surface area contributed by atoms with Crippen LogP contribution < -0.4 is 10.5 Å². The van der Waals surface area contributed by atoms with E-state index in [1.54, 1.807) is 7.11 Å². The van der Waals surface area contributed by atoms with Crippen molar-refractivity contribution in [1.82, 2.24) is 0 Å². The van der Waals surface area contributed by atoms with Gasteiger partial charge in [0.1, 0.15) is 11.4 Å². The second-order valence-corrected chi connectivity index (χ2v) is 5.96. The Balaban J connectivity index is 1.88. The highest BCUT2D eigenvalue weighted by atomic mass is 79.9. The van der Waals surface area contributed by atoms with Crippen LogP contribution in [0.5, 0.6) is 5.75 Å². The molecule has 3 nitrogen and oxygen atoms in total. The lowest BCUT2D eigenvalue weighted by molar-refractivity contribution is -0.124. The monoisotopic (exact) mass is 297 g/mol. The minimum Gasteiger partial charge on any atom is -0.487 e. The largest absolute Gasteiger partial charge is 0.487 e. The fraction of sp³-hybridized carbons (Fsp3) is 0.538. The normalized spacial score (nSPS) is 35.0. The number of methoxy groups -OCH3 is 1. The summed E-state index contributed by atoms with van der Waals surface area (Å²) in [7, 11) is 1.75. The summed E-state index contributed by atoms with van der Waals surface area (Å²) in [5, 5.41) is 0. The molecule has 1 aliphatic heterocycles. The van der Waals surface area contributed by atoms with Gasteiger partial charge < -0.3 is 15.2 Å². The molecule has 1 aromatic rings. The molecule has 1 aliphatic carbocycles. The number of benzene rings is 1. The van der Waals surface area contributed by atoms with Gasteiger partial charge in [0.2, 0.25) is 0 Å². The van der Waals surface area contributed by atoms with Crippen molar-refractivity contribution in [2.75, 3.05) is 7.11 Å². The molecule has 4 heteroatoms. The molecule has 1 saturated carbocycles. The van der Waals surface area contributed by atoms with Crippen LogP contribution in [0.2, 0.25) is 0 Å². The maximum absolute atomic E-state index is 6.23. The van der Waals surface area contributed by atoms with E-state index in [1.807, 2.05) is 18.2 Å². The fourth-order valence-electron chi connectivity index (χ4n) is 2.88. The van der Waals surface area contributed by atoms with Crippen LogP contribution in [0.15, 0.2) is 22.7 Å². The predicted molar refractivity (Wildman–Crippen MR) is 69.1 cm³/mol. The van der Waals surface area contributed by atoms with E-state index in [0.717, 1.165) is 35.0 Å². The van der Waals surface area contributed by atoms with Crippen molar-refractivity contribution >= 4 is 15.9 Å². The van der Waals surface area contributed by atoms with E-state index in [2.05, 4.69) is 15.9 Å². The Labute approximate surface area is 109 Å². The lowest BCUT2D eigenvalue weighted by Crippen LogP contribution is -2.55. The van der Waals surface area contributed by atoms with Crippen LogP contribution in [0, 0.1) is 0 Å². The number of nitrogens with two attached hydrogens (primary N) is 1. The van der Waals surface area contributed by atoms with Gasteiger partial charge in [0.15, 0.2) is 0 Å². The Bertz CT molecular complexity index is 443. The third-order valence-electron chi connectivity index (χ3n) is 3.83. The molecular formula is C13H16BrNO2. The number of hydrogen-bond acceptors (Lipinski definition) is 3. The summed E-state index contributed by atoms with van der Waals surface area (Å²) in [4.78, 5) is 0. The Morgan fingerprint density at radius 2 is 2.18 bits per heavy atom. The first-order chi connectivity index (χ1) is 8.12. The molecule has 17 heavy (non-hydrogen) atoms. The third kappa shape index (κ3) is 1.88. The van der Waals surface area contributed by atoms with E-state index < -0.39 is 0 Å². The van der Waals surface area contributed by atoms with Crippen molar-refractivity contribution < 1.29 is 9.47 Å². The molecular weight excluding hydrogens is 282 g/mol. The van der Waals surface area contributed by atoms with Crippen molar-refractivity contribution in [1.29, 1.82) is 0 Å². The van der Waals surface area contributed by atoms with Gasteiger partial charge in [-0.2, -0.15) is 0 Å². The highest BCUT2D eigenvalue weighted by Crippen LogP contribution is 2.49. The maximum atomic E-state index is 6.23. The van der Waals surface area contributed by atoms with Gasteiger partial charge in [0, 0.05) is 42.5 Å². The number of ether oxygens (including phenoxy) is 2. The molecule has 0 saturated heterocycles. The first-order valence-corrected chi connectivity index (χ1v) is 6.68. The Hall–Kier alpha value is -0.580. The minimum absolute atomic E-state index is 0.0738. The second kappa shape index (κ2) is 3.97. The molecule has 0 unspecified atom stereocenters. The molecule has 1 atom stereocenters. The zero-order valence-corrected chi connectivity index (χ0v) is 11.4. The highest BCUT2D eigenvalue weighted by Gasteiger charge is 2.50. The quantitative estimate of drug-likeness (QED) is 0.867. The second-order valence-electron chi connectivity index (χ2n) is 5.04. The number of fused-ring (bicyclic) bond motifs is 1. The molecule has 2 aliphatic rings. The first kappa shape index (κ1) is 11.5. The lowest BCUT2D eigenvalue weighted by atomic mass is 9.71. The molecule has 1 aromatic carbocycles. The average Bonchev–Trinajstić information content (AvgIpc) is 2.24. The van der Waals surface area contributed by atoms with Crippen LogP contribution in [0.25, 0.3) is 0 Å². The number of halogens is 1. The Kier molecular flexibility index (Phi) is 2.69. The van der Waals surface area contributed by atoms with Crippen molar-refractivity contribution in [3.8, 4) is 5.75 Å². The topological polar surface area (TPSA) is 44.5 Å². The summed E-state index contributed by atoms with van der Waals surface area (Å²) >= 11 is 3.47. The fourth-order valence-corrected chi connectivity index (χ4v) is 3.22. The summed E-state index contributed by atoms with van der Waals surface area (Å²) < 4.78 is 12.5. The molecule has 0 bridgehead atoms. The van der Waals surface area contributed by atoms with Gasteiger partial charge in [-0.1, -0.05) is 22.0 Å². The minimum atomic E-state index is -0.0894. The zero-order chi connectivity index (χ0) is 12.0. The number of hydrogen-bond donors (Lipinski definition) is 1. The smallest absolute Gasteiger partial charge is 0.126 e. The Morgan fingerprint density at radius 3 is 2.88 bits per heavy atom. The third-order valence-corrected chi connectivity index (χ3v) is 4.32. The molecule has 0 amide bonds. The molecule has 0 aromatic heterocycles. The van der Waals surface area contributed by atoms with Gasteiger partial charge in [-0.15, -0.1) is 0 Å². The van der Waals surface area contributed by atoms with Gasteiger partial charge in [-0.25, -0.2) is 0 Å². The van der Waals surface area contributed by atoms with E-state index in [4.69, 9.17) is 15.2 Å². The first-order valence-electron chi connectivity index (χ1n) is 5.89. The molecule has 3 rings (SSSR count). The van der Waals surface area contributed by atoms with Crippen LogP contribution in [-0.4, -0.2) is 18.8 Å². The maximum Gasteiger partial charge on any atom is 0.126 e. The van der Waals surface area contributed by atoms with Crippen LogP contribution in [-0.2, 0) is 4.74 Å². The van der Waals surface area contributed by atoms with Gasteiger partial charge >= 0.3 is 0 Å². The molecule has 0 radical (unpaired) electrons. The van der Waals surface area contributed by atoms with E-state index in [1.165, 1.54) is 0 Å². The molecule has 1 spiro atoms. The van der Waals surface area contributed by atoms with E-state index >= 15 is 0 Å². The summed E-state index contributed by atoms with van der Waals surface area (Å²) in [6.07, 6.45) is 3.12. The van der Waals surface area contributed by atoms with Gasteiger partial charge in [0.25, 0.3) is 0 Å². The summed E-state index contributed by atoms with van der Waals surface area (Å²) in [6, 6.07) is 6.14. The van der Waals surface area contributed by atoms with Gasteiger partial charge in [-0.3, -0.25) is 0 Å². The molecule has 92 valence electrons. The van der Waals surface area contributed by atoms with E-state index in [9.17, 15) is 0 Å². The SMILES string of the molecule is COC1CC2(C1)C[C@H](N)c1ccc(Br)cc1O2. The molecule has 1 heterocycles. The van der Waals surface area contributed by atoms with Crippen LogP contribution in [0.4, 0.5) is 0 Å². The number of rotatable bonds is 1. The van der Waals surface area contributed by atoms with E-state index in [-0.39, 0.29) is 11.6 Å². The van der Waals surface area contributed by atoms with Crippen molar-refractivity contribution in [3.05, 3.63) is 28.2 Å². The van der Waals surface area contributed by atoms with Crippen molar-refractivity contribution in [3.63, 3.8) is 0 Å². The summed E-state index contributed by atoms with van der Waals surface area (Å²) in [5.41, 5.74) is 7.25. The van der Waals surface area contributed by atoms with Crippen LogP contribution in [0.1, 0.15) is 30.9 Å². The predicted octanol–water partition coefficient (Wildman–Crippen LogP) is 2.78. The van der Waals surface area contributed by atoms with E-state index in [0.29, 0.717) is 6.10 Å². The standard InChI is InChI=1S/C13H16BrNO2/c1-16-9-5-13(6-9)7-11(15)10-3-2-8(14)4-12(10)17-13/h2-4,9,11H,5-7,15H2,1H3/t9?,11-,13?/m0/s1. The molecule has 1 fully saturated rings. The van der Waals surface area contributed by atoms with Crippen LogP contribution in [0.3, 0.4) is 0 Å². The lowest BCUT2D eigenvalue weighted by Gasteiger charge is -2.50. The van der Waals surface area contributed by atoms with Crippen molar-refractivity contribution in [2.24, 2.45) is 5.73 Å². The summed E-state index contributed by atoms with van der Waals surface area (Å²) in [6.45, 7) is 0. The van der Waals surface area contributed by atoms with Gasteiger partial charge in [-0.05, 0) is 12.1 Å². The van der Waals surface area contributed by atoms with Crippen LogP contribution >= 0.6 is 15.9 Å². The highest BCUT2D eigenvalue weighted by molar-refractivity contribution is 9.10. The Morgan fingerprint density at radius 1 is 1.41 bits per heavy atom.